The monoisotopic (exact) mass is 313 g/mol. The highest BCUT2D eigenvalue weighted by molar-refractivity contribution is 5.64. The van der Waals surface area contributed by atoms with Crippen molar-refractivity contribution in [2.24, 2.45) is 5.92 Å². The molecular weight excluding hydrogens is 286 g/mol. The maximum absolute atomic E-state index is 4.65. The zero-order chi connectivity index (χ0) is 16.7. The highest BCUT2D eigenvalue weighted by Gasteiger charge is 2.07. The maximum atomic E-state index is 4.65. The van der Waals surface area contributed by atoms with Crippen LogP contribution in [0.1, 0.15) is 13.8 Å². The Bertz CT molecular complexity index is 596. The van der Waals surface area contributed by atoms with Crippen molar-refractivity contribution in [3.05, 3.63) is 36.4 Å². The first kappa shape index (κ1) is 17.2. The van der Waals surface area contributed by atoms with Gasteiger partial charge in [-0.3, -0.25) is 0 Å². The molecule has 0 radical (unpaired) electrons. The first-order chi connectivity index (χ1) is 11.0. The van der Waals surface area contributed by atoms with Crippen LogP contribution in [0.15, 0.2) is 36.4 Å². The molecule has 1 aromatic heterocycles. The highest BCUT2D eigenvalue weighted by atomic mass is 15.2. The van der Waals surface area contributed by atoms with E-state index in [1.807, 2.05) is 24.3 Å². The average molecular weight is 313 g/mol. The summed E-state index contributed by atoms with van der Waals surface area (Å²) in [4.78, 5) is 11.4. The molecule has 0 saturated carbocycles. The number of aromatic nitrogens is 2. The van der Waals surface area contributed by atoms with Gasteiger partial charge in [-0.15, -0.1) is 0 Å². The molecule has 2 N–H and O–H groups in total. The van der Waals surface area contributed by atoms with Gasteiger partial charge < -0.3 is 15.5 Å². The van der Waals surface area contributed by atoms with Gasteiger partial charge in [0.2, 0.25) is 5.95 Å². The molecule has 0 unspecified atom stereocenters. The molecule has 23 heavy (non-hydrogen) atoms. The quantitative estimate of drug-likeness (QED) is 0.784. The molecule has 5 nitrogen and oxygen atoms in total. The van der Waals surface area contributed by atoms with Gasteiger partial charge in [0.1, 0.15) is 5.82 Å². The van der Waals surface area contributed by atoms with E-state index in [1.165, 1.54) is 0 Å². The van der Waals surface area contributed by atoms with Gasteiger partial charge in [-0.25, -0.2) is 4.98 Å². The molecule has 1 aromatic carbocycles. The van der Waals surface area contributed by atoms with E-state index in [2.05, 4.69) is 65.6 Å². The van der Waals surface area contributed by atoms with Crippen LogP contribution in [0.25, 0.3) is 11.3 Å². The Kier molecular flexibility index (Phi) is 6.35. The van der Waals surface area contributed by atoms with Gasteiger partial charge in [-0.1, -0.05) is 44.2 Å². The van der Waals surface area contributed by atoms with Crippen LogP contribution in [-0.4, -0.2) is 48.6 Å². The summed E-state index contributed by atoms with van der Waals surface area (Å²) in [5, 5.41) is 6.70. The van der Waals surface area contributed by atoms with Crippen molar-refractivity contribution < 1.29 is 0 Å². The van der Waals surface area contributed by atoms with E-state index in [4.69, 9.17) is 0 Å². The molecule has 0 saturated heterocycles. The Hall–Kier alpha value is -2.14. The largest absolute Gasteiger partial charge is 0.369 e. The second-order valence-corrected chi connectivity index (χ2v) is 6.33. The average Bonchev–Trinajstić information content (AvgIpc) is 2.53. The molecule has 0 aliphatic carbocycles. The third kappa shape index (κ3) is 5.87. The summed E-state index contributed by atoms with van der Waals surface area (Å²) in [5.41, 5.74) is 2.03. The minimum absolute atomic E-state index is 0.545. The molecule has 2 aromatic rings. The summed E-state index contributed by atoms with van der Waals surface area (Å²) in [6, 6.07) is 12.2. The molecule has 0 spiro atoms. The Morgan fingerprint density at radius 2 is 1.78 bits per heavy atom. The number of nitrogens with one attached hydrogen (secondary N) is 2. The SMILES string of the molecule is CC(C)CNc1nc(NCCN(C)C)cc(-c2ccccc2)n1. The lowest BCUT2D eigenvalue weighted by Crippen LogP contribution is -2.21. The van der Waals surface area contributed by atoms with E-state index in [0.717, 1.165) is 36.7 Å². The van der Waals surface area contributed by atoms with E-state index >= 15 is 0 Å². The molecule has 0 aliphatic rings. The molecule has 0 bridgehead atoms. The predicted octanol–water partition coefficient (Wildman–Crippen LogP) is 3.19. The smallest absolute Gasteiger partial charge is 0.225 e. The van der Waals surface area contributed by atoms with Crippen molar-refractivity contribution in [1.29, 1.82) is 0 Å². The number of anilines is 2. The van der Waals surface area contributed by atoms with Gasteiger partial charge >= 0.3 is 0 Å². The number of hydrogen-bond donors (Lipinski definition) is 2. The van der Waals surface area contributed by atoms with Gasteiger partial charge in [0, 0.05) is 31.3 Å². The van der Waals surface area contributed by atoms with Crippen molar-refractivity contribution in [3.63, 3.8) is 0 Å². The van der Waals surface area contributed by atoms with Crippen LogP contribution in [0.3, 0.4) is 0 Å². The summed E-state index contributed by atoms with van der Waals surface area (Å²) in [6.07, 6.45) is 0. The van der Waals surface area contributed by atoms with Crippen molar-refractivity contribution in [1.82, 2.24) is 14.9 Å². The van der Waals surface area contributed by atoms with Crippen LogP contribution in [0.2, 0.25) is 0 Å². The van der Waals surface area contributed by atoms with Crippen LogP contribution in [-0.2, 0) is 0 Å². The molecule has 1 heterocycles. The van der Waals surface area contributed by atoms with Gasteiger partial charge in [0.05, 0.1) is 5.69 Å². The van der Waals surface area contributed by atoms with Crippen molar-refractivity contribution in [3.8, 4) is 11.3 Å². The summed E-state index contributed by atoms with van der Waals surface area (Å²) in [6.45, 7) is 7.01. The summed E-state index contributed by atoms with van der Waals surface area (Å²) < 4.78 is 0. The first-order valence-electron chi connectivity index (χ1n) is 8.11. The molecular formula is C18H27N5. The highest BCUT2D eigenvalue weighted by Crippen LogP contribution is 2.21. The molecule has 5 heteroatoms. The predicted molar refractivity (Wildman–Crippen MR) is 97.8 cm³/mol. The van der Waals surface area contributed by atoms with Gasteiger partial charge in [-0.2, -0.15) is 4.98 Å². The third-order valence-electron chi connectivity index (χ3n) is 3.33. The second-order valence-electron chi connectivity index (χ2n) is 6.33. The fraction of sp³-hybridized carbons (Fsp3) is 0.444. The number of nitrogens with zero attached hydrogens (tertiary/aromatic N) is 3. The lowest BCUT2D eigenvalue weighted by molar-refractivity contribution is 0.425. The van der Waals surface area contributed by atoms with Gasteiger partial charge in [0.25, 0.3) is 0 Å². The summed E-state index contributed by atoms with van der Waals surface area (Å²) in [5.74, 6) is 2.07. The lowest BCUT2D eigenvalue weighted by atomic mass is 10.1. The second kappa shape index (κ2) is 8.48. The van der Waals surface area contributed by atoms with E-state index < -0.39 is 0 Å². The summed E-state index contributed by atoms with van der Waals surface area (Å²) >= 11 is 0. The minimum Gasteiger partial charge on any atom is -0.369 e. The molecule has 0 fully saturated rings. The number of likely N-dealkylation sites (N-methyl/N-ethyl adjacent to an activating group) is 1. The lowest BCUT2D eigenvalue weighted by Gasteiger charge is -2.14. The first-order valence-corrected chi connectivity index (χ1v) is 8.11. The van der Waals surface area contributed by atoms with Crippen molar-refractivity contribution in [2.45, 2.75) is 13.8 Å². The zero-order valence-electron chi connectivity index (χ0n) is 14.5. The van der Waals surface area contributed by atoms with E-state index in [1.54, 1.807) is 0 Å². The van der Waals surface area contributed by atoms with Crippen LogP contribution in [0, 0.1) is 5.92 Å². The Morgan fingerprint density at radius 1 is 1.04 bits per heavy atom. The van der Waals surface area contributed by atoms with Crippen LogP contribution in [0.5, 0.6) is 0 Å². The van der Waals surface area contributed by atoms with E-state index in [-0.39, 0.29) is 0 Å². The normalized spacial score (nSPS) is 11.0. The molecule has 0 aliphatic heterocycles. The number of hydrogen-bond acceptors (Lipinski definition) is 5. The van der Waals surface area contributed by atoms with E-state index in [9.17, 15) is 0 Å². The standard InChI is InChI=1S/C18H27N5/c1-14(2)13-20-18-21-16(15-8-6-5-7-9-15)12-17(22-18)19-10-11-23(3)4/h5-9,12,14H,10-11,13H2,1-4H3,(H2,19,20,21,22). The summed E-state index contributed by atoms with van der Waals surface area (Å²) in [7, 11) is 4.12. The Balaban J connectivity index is 2.20. The van der Waals surface area contributed by atoms with Crippen LogP contribution >= 0.6 is 0 Å². The number of rotatable bonds is 8. The van der Waals surface area contributed by atoms with Gasteiger partial charge in [-0.05, 0) is 20.0 Å². The Morgan fingerprint density at radius 3 is 2.43 bits per heavy atom. The zero-order valence-corrected chi connectivity index (χ0v) is 14.5. The number of benzene rings is 1. The third-order valence-corrected chi connectivity index (χ3v) is 3.33. The molecule has 0 amide bonds. The fourth-order valence-corrected chi connectivity index (χ4v) is 2.08. The maximum Gasteiger partial charge on any atom is 0.225 e. The fourth-order valence-electron chi connectivity index (χ4n) is 2.08. The van der Waals surface area contributed by atoms with Gasteiger partial charge in [0.15, 0.2) is 0 Å². The van der Waals surface area contributed by atoms with Crippen LogP contribution in [0.4, 0.5) is 11.8 Å². The van der Waals surface area contributed by atoms with E-state index in [0.29, 0.717) is 11.9 Å². The Labute approximate surface area is 139 Å². The minimum atomic E-state index is 0.545. The topological polar surface area (TPSA) is 53.1 Å². The van der Waals surface area contributed by atoms with Crippen molar-refractivity contribution >= 4 is 11.8 Å². The van der Waals surface area contributed by atoms with Crippen molar-refractivity contribution in [2.75, 3.05) is 44.4 Å². The molecule has 2 rings (SSSR count). The molecule has 124 valence electrons. The van der Waals surface area contributed by atoms with Crippen LogP contribution < -0.4 is 10.6 Å². The molecule has 0 atom stereocenters.